The number of halogens is 1. The molecule has 0 N–H and O–H groups in total. The summed E-state index contributed by atoms with van der Waals surface area (Å²) in [6, 6.07) is 36.3. The van der Waals surface area contributed by atoms with Gasteiger partial charge in [0.25, 0.3) is 0 Å². The van der Waals surface area contributed by atoms with Gasteiger partial charge >= 0.3 is 0 Å². The normalized spacial score (nSPS) is 10.8. The standard InChI is InChI=1S/C24H20N.ClHO4/c1-25-23(20-13-7-3-8-14-20)17-22(19-11-5-2-6-12-19)18-24(25)21-15-9-4-10-16-21;2-1(3,4)5/h2-18H,1H3;(H,2,3,4,5)/q+1;/p-1. The van der Waals surface area contributed by atoms with E-state index in [9.17, 15) is 0 Å². The van der Waals surface area contributed by atoms with E-state index >= 15 is 0 Å². The maximum absolute atomic E-state index is 8.49. The first kappa shape index (κ1) is 21.6. The molecule has 0 aliphatic carbocycles. The summed E-state index contributed by atoms with van der Waals surface area (Å²) in [6.45, 7) is 0. The van der Waals surface area contributed by atoms with Crippen molar-refractivity contribution in [3.05, 3.63) is 103 Å². The first-order valence-electron chi connectivity index (χ1n) is 9.15. The molecule has 1 aromatic heterocycles. The molecule has 0 radical (unpaired) electrons. The Morgan fingerprint density at radius 3 is 1.13 bits per heavy atom. The van der Waals surface area contributed by atoms with Crippen LogP contribution in [0.5, 0.6) is 0 Å². The number of pyridine rings is 1. The predicted molar refractivity (Wildman–Crippen MR) is 104 cm³/mol. The topological polar surface area (TPSA) is 96.1 Å². The predicted octanol–water partition coefficient (Wildman–Crippen LogP) is 0.756. The van der Waals surface area contributed by atoms with E-state index in [4.69, 9.17) is 18.6 Å². The molecule has 0 amide bonds. The molecule has 0 unspecified atom stereocenters. The average molecular weight is 422 g/mol. The number of hydrogen-bond donors (Lipinski definition) is 0. The van der Waals surface area contributed by atoms with Gasteiger partial charge in [0.2, 0.25) is 11.4 Å². The lowest BCUT2D eigenvalue weighted by Gasteiger charge is -2.17. The lowest BCUT2D eigenvalue weighted by molar-refractivity contribution is -2.00. The maximum Gasteiger partial charge on any atom is 0.213 e. The quantitative estimate of drug-likeness (QED) is 0.456. The molecule has 0 spiro atoms. The monoisotopic (exact) mass is 421 g/mol. The summed E-state index contributed by atoms with van der Waals surface area (Å²) in [5.41, 5.74) is 7.33. The molecule has 0 atom stereocenters. The molecule has 0 aliphatic heterocycles. The first-order chi connectivity index (χ1) is 14.3. The van der Waals surface area contributed by atoms with Crippen LogP contribution in [0, 0.1) is 10.2 Å². The average Bonchev–Trinajstić information content (AvgIpc) is 2.75. The van der Waals surface area contributed by atoms with E-state index in [2.05, 4.69) is 115 Å². The summed E-state index contributed by atoms with van der Waals surface area (Å²) in [4.78, 5) is 0. The molecule has 152 valence electrons. The summed E-state index contributed by atoms with van der Waals surface area (Å²) >= 11 is 0. The van der Waals surface area contributed by atoms with Gasteiger partial charge in [-0.05, 0) is 35.4 Å². The van der Waals surface area contributed by atoms with Crippen LogP contribution in [0.15, 0.2) is 103 Å². The van der Waals surface area contributed by atoms with Gasteiger partial charge in [0.1, 0.15) is 7.05 Å². The molecule has 5 nitrogen and oxygen atoms in total. The van der Waals surface area contributed by atoms with E-state index in [0.29, 0.717) is 0 Å². The highest BCUT2D eigenvalue weighted by Gasteiger charge is 2.19. The van der Waals surface area contributed by atoms with Crippen molar-refractivity contribution in [3.63, 3.8) is 0 Å². The van der Waals surface area contributed by atoms with Gasteiger partial charge in [0, 0.05) is 23.3 Å². The highest BCUT2D eigenvalue weighted by Crippen LogP contribution is 2.28. The van der Waals surface area contributed by atoms with Gasteiger partial charge in [-0.2, -0.15) is 4.57 Å². The number of benzene rings is 3. The molecule has 0 bridgehead atoms. The summed E-state index contributed by atoms with van der Waals surface area (Å²) in [7, 11) is -2.81. The zero-order valence-corrected chi connectivity index (χ0v) is 17.0. The molecule has 0 aliphatic rings. The minimum absolute atomic E-state index is 1.21. The van der Waals surface area contributed by atoms with E-state index in [1.807, 2.05) is 0 Å². The lowest BCUT2D eigenvalue weighted by atomic mass is 9.99. The maximum atomic E-state index is 8.49. The van der Waals surface area contributed by atoms with Gasteiger partial charge in [-0.3, -0.25) is 0 Å². The van der Waals surface area contributed by atoms with Crippen LogP contribution >= 0.6 is 0 Å². The fourth-order valence-corrected chi connectivity index (χ4v) is 3.23. The Morgan fingerprint density at radius 1 is 0.500 bits per heavy atom. The largest absolute Gasteiger partial charge is 0.222 e. The van der Waals surface area contributed by atoms with Crippen molar-refractivity contribution in [2.45, 2.75) is 0 Å². The Hall–Kier alpha value is -3.06. The number of aromatic nitrogens is 1. The molecular formula is C24H20ClNO4. The zero-order chi connectivity index (χ0) is 21.6. The van der Waals surface area contributed by atoms with Crippen molar-refractivity contribution in [3.8, 4) is 33.6 Å². The number of nitrogens with zero attached hydrogens (tertiary/aromatic N) is 1. The summed E-state index contributed by atoms with van der Waals surface area (Å²) in [5, 5.41) is 0. The minimum Gasteiger partial charge on any atom is -0.222 e. The lowest BCUT2D eigenvalue weighted by Crippen LogP contribution is -2.68. The SMILES string of the molecule is C[n+]1c(-c2ccccc2)cc(-c2ccccc2)cc1-c1ccccc1.[O-][Cl+3]([O-])([O-])[O-]. The van der Waals surface area contributed by atoms with Crippen LogP contribution in [0.4, 0.5) is 0 Å². The van der Waals surface area contributed by atoms with E-state index in [-0.39, 0.29) is 0 Å². The van der Waals surface area contributed by atoms with Gasteiger partial charge < -0.3 is 0 Å². The van der Waals surface area contributed by atoms with Crippen LogP contribution in [0.1, 0.15) is 0 Å². The van der Waals surface area contributed by atoms with Crippen LogP contribution in [0.25, 0.3) is 33.6 Å². The molecule has 6 heteroatoms. The van der Waals surface area contributed by atoms with Crippen molar-refractivity contribution < 1.29 is 33.4 Å². The van der Waals surface area contributed by atoms with Gasteiger partial charge in [0.05, 0.1) is 0 Å². The van der Waals surface area contributed by atoms with Crippen molar-refractivity contribution >= 4 is 0 Å². The molecular weight excluding hydrogens is 402 g/mol. The third-order valence-electron chi connectivity index (χ3n) is 4.55. The molecule has 1 heterocycles. The molecule has 0 fully saturated rings. The third kappa shape index (κ3) is 5.97. The van der Waals surface area contributed by atoms with Crippen molar-refractivity contribution in [1.29, 1.82) is 0 Å². The smallest absolute Gasteiger partial charge is 0.213 e. The Labute approximate surface area is 177 Å². The van der Waals surface area contributed by atoms with Crippen LogP contribution in [-0.2, 0) is 7.05 Å². The Morgan fingerprint density at radius 2 is 0.800 bits per heavy atom. The van der Waals surface area contributed by atoms with Crippen molar-refractivity contribution in [2.24, 2.45) is 7.05 Å². The fraction of sp³-hybridized carbons (Fsp3) is 0.0417. The van der Waals surface area contributed by atoms with Gasteiger partial charge in [-0.1, -0.05) is 66.7 Å². The van der Waals surface area contributed by atoms with E-state index in [1.165, 1.54) is 33.6 Å². The van der Waals surface area contributed by atoms with E-state index in [0.717, 1.165) is 0 Å². The summed E-state index contributed by atoms with van der Waals surface area (Å²) in [6.07, 6.45) is 0. The van der Waals surface area contributed by atoms with Crippen molar-refractivity contribution in [1.82, 2.24) is 0 Å². The molecule has 4 aromatic rings. The van der Waals surface area contributed by atoms with Gasteiger partial charge in [-0.15, -0.1) is 10.2 Å². The highest BCUT2D eigenvalue weighted by molar-refractivity contribution is 5.73. The van der Waals surface area contributed by atoms with E-state index < -0.39 is 10.2 Å². The Balaban J connectivity index is 0.000000461. The Kier molecular flexibility index (Phi) is 6.95. The van der Waals surface area contributed by atoms with Crippen LogP contribution in [0.2, 0.25) is 0 Å². The molecule has 0 saturated carbocycles. The number of rotatable bonds is 3. The van der Waals surface area contributed by atoms with Gasteiger partial charge in [-0.25, -0.2) is 18.6 Å². The van der Waals surface area contributed by atoms with Crippen LogP contribution < -0.4 is 23.2 Å². The molecule has 0 saturated heterocycles. The number of hydrogen-bond acceptors (Lipinski definition) is 4. The second kappa shape index (κ2) is 9.63. The van der Waals surface area contributed by atoms with Crippen molar-refractivity contribution in [2.75, 3.05) is 0 Å². The molecule has 30 heavy (non-hydrogen) atoms. The molecule has 4 rings (SSSR count). The minimum atomic E-state index is -4.94. The van der Waals surface area contributed by atoms with Crippen LogP contribution in [0.3, 0.4) is 0 Å². The third-order valence-corrected chi connectivity index (χ3v) is 4.55. The first-order valence-corrected chi connectivity index (χ1v) is 10.4. The Bertz CT molecular complexity index is 1020. The van der Waals surface area contributed by atoms with E-state index in [1.54, 1.807) is 0 Å². The zero-order valence-electron chi connectivity index (χ0n) is 16.3. The molecule has 3 aromatic carbocycles. The second-order valence-electron chi connectivity index (χ2n) is 6.55. The summed E-state index contributed by atoms with van der Waals surface area (Å²) in [5.74, 6) is 0. The fourth-order valence-electron chi connectivity index (χ4n) is 3.23. The van der Waals surface area contributed by atoms with Gasteiger partial charge in [0.15, 0.2) is 0 Å². The van der Waals surface area contributed by atoms with Crippen LogP contribution in [-0.4, -0.2) is 0 Å². The second-order valence-corrected chi connectivity index (χ2v) is 7.31. The summed E-state index contributed by atoms with van der Waals surface area (Å²) < 4.78 is 36.2. The highest BCUT2D eigenvalue weighted by atomic mass is 35.7.